The van der Waals surface area contributed by atoms with Crippen LogP contribution in [0.25, 0.3) is 22.3 Å². The van der Waals surface area contributed by atoms with Crippen LogP contribution in [0, 0.1) is 45.9 Å². The third-order valence-corrected chi connectivity index (χ3v) is 6.22. The highest BCUT2D eigenvalue weighted by Gasteiger charge is 2.27. The Morgan fingerprint density at radius 1 is 1.00 bits per heavy atom. The summed E-state index contributed by atoms with van der Waals surface area (Å²) in [6.45, 7) is 11.6. The van der Waals surface area contributed by atoms with Crippen molar-refractivity contribution in [3.05, 3.63) is 76.1 Å². The van der Waals surface area contributed by atoms with Gasteiger partial charge in [0.25, 0.3) is 0 Å². The van der Waals surface area contributed by atoms with Crippen LogP contribution >= 0.6 is 0 Å². The van der Waals surface area contributed by atoms with E-state index in [1.807, 2.05) is 12.1 Å². The van der Waals surface area contributed by atoms with Crippen LogP contribution in [0.1, 0.15) is 40.7 Å². The number of ether oxygens (including phenoxy) is 1. The number of anilines is 1. The van der Waals surface area contributed by atoms with Crippen LogP contribution in [-0.2, 0) is 4.74 Å². The first-order chi connectivity index (χ1) is 15.3. The Hall–Kier alpha value is -3.09. The molecule has 0 saturated carbocycles. The molecule has 1 N–H and O–H groups in total. The SMILES string of the molecule is C#CC(COC)c1c(C)c(NCC)c(-c2ccc(C)c(C)c2)c(C)c1-c1ccccc1F. The molecule has 32 heavy (non-hydrogen) atoms. The van der Waals surface area contributed by atoms with E-state index in [0.717, 1.165) is 45.6 Å². The lowest BCUT2D eigenvalue weighted by molar-refractivity contribution is 0.193. The molecule has 0 radical (unpaired) electrons. The molecule has 0 spiro atoms. The first-order valence-corrected chi connectivity index (χ1v) is 11.0. The molecule has 0 fully saturated rings. The van der Waals surface area contributed by atoms with Crippen molar-refractivity contribution in [2.75, 3.05) is 25.6 Å². The Balaban J connectivity index is 2.50. The largest absolute Gasteiger partial charge is 0.385 e. The summed E-state index contributed by atoms with van der Waals surface area (Å²) >= 11 is 0. The highest BCUT2D eigenvalue weighted by Crippen LogP contribution is 2.46. The van der Waals surface area contributed by atoms with E-state index in [1.54, 1.807) is 13.2 Å². The molecule has 3 aromatic carbocycles. The molecule has 0 saturated heterocycles. The minimum Gasteiger partial charge on any atom is -0.385 e. The molecule has 1 unspecified atom stereocenters. The molecule has 0 aliphatic carbocycles. The number of terminal acetylenes is 1. The number of methoxy groups -OCH3 is 1. The van der Waals surface area contributed by atoms with Gasteiger partial charge in [0.05, 0.1) is 12.5 Å². The second-order valence-electron chi connectivity index (χ2n) is 8.27. The van der Waals surface area contributed by atoms with Gasteiger partial charge in [0.1, 0.15) is 5.82 Å². The first-order valence-electron chi connectivity index (χ1n) is 11.0. The van der Waals surface area contributed by atoms with Gasteiger partial charge in [0.2, 0.25) is 0 Å². The van der Waals surface area contributed by atoms with Gasteiger partial charge in [0.15, 0.2) is 0 Å². The fourth-order valence-electron chi connectivity index (χ4n) is 4.51. The van der Waals surface area contributed by atoms with Crippen molar-refractivity contribution in [1.82, 2.24) is 0 Å². The van der Waals surface area contributed by atoms with Crippen LogP contribution in [0.15, 0.2) is 42.5 Å². The quantitative estimate of drug-likeness (QED) is 0.401. The third-order valence-electron chi connectivity index (χ3n) is 6.22. The van der Waals surface area contributed by atoms with Gasteiger partial charge < -0.3 is 10.1 Å². The molecular weight excluding hydrogens is 397 g/mol. The molecule has 0 aliphatic heterocycles. The Labute approximate surface area is 191 Å². The molecular formula is C29H32FNO. The molecule has 0 bridgehead atoms. The molecule has 0 amide bonds. The summed E-state index contributed by atoms with van der Waals surface area (Å²) in [5, 5.41) is 3.57. The van der Waals surface area contributed by atoms with Crippen molar-refractivity contribution in [2.45, 2.75) is 40.5 Å². The standard InChI is InChI=1S/C29H32FNO/c1-8-22(17-32-7)26-21(6)29(31-9-2)27(23-15-14-18(3)19(4)16-23)20(5)28(26)24-12-10-11-13-25(24)30/h1,10-16,22,31H,9,17H2,2-7H3. The molecule has 3 aromatic rings. The van der Waals surface area contributed by atoms with Crippen molar-refractivity contribution >= 4 is 5.69 Å². The summed E-state index contributed by atoms with van der Waals surface area (Å²) in [7, 11) is 1.64. The van der Waals surface area contributed by atoms with Gasteiger partial charge in [0, 0.05) is 30.5 Å². The van der Waals surface area contributed by atoms with E-state index in [4.69, 9.17) is 11.2 Å². The minimum atomic E-state index is -0.292. The van der Waals surface area contributed by atoms with Crippen molar-refractivity contribution in [3.8, 4) is 34.6 Å². The summed E-state index contributed by atoms with van der Waals surface area (Å²) in [6, 6.07) is 13.4. The maximum atomic E-state index is 15.1. The van der Waals surface area contributed by atoms with E-state index in [9.17, 15) is 0 Å². The lowest BCUT2D eigenvalue weighted by atomic mass is 9.79. The fourth-order valence-corrected chi connectivity index (χ4v) is 4.51. The van der Waals surface area contributed by atoms with Gasteiger partial charge >= 0.3 is 0 Å². The monoisotopic (exact) mass is 429 g/mol. The highest BCUT2D eigenvalue weighted by atomic mass is 19.1. The predicted octanol–water partition coefficient (Wildman–Crippen LogP) is 7.19. The molecule has 0 heterocycles. The predicted molar refractivity (Wildman–Crippen MR) is 134 cm³/mol. The highest BCUT2D eigenvalue weighted by molar-refractivity contribution is 5.92. The average molecular weight is 430 g/mol. The molecule has 3 heteroatoms. The first kappa shape index (κ1) is 23.6. The van der Waals surface area contributed by atoms with Gasteiger partial charge in [-0.15, -0.1) is 6.42 Å². The van der Waals surface area contributed by atoms with Crippen molar-refractivity contribution < 1.29 is 9.13 Å². The van der Waals surface area contributed by atoms with Crippen molar-refractivity contribution in [3.63, 3.8) is 0 Å². The average Bonchev–Trinajstić information content (AvgIpc) is 2.77. The zero-order valence-corrected chi connectivity index (χ0v) is 19.9. The summed E-state index contributed by atoms with van der Waals surface area (Å²) in [6.07, 6.45) is 5.96. The van der Waals surface area contributed by atoms with E-state index < -0.39 is 0 Å². The molecule has 0 aliphatic rings. The smallest absolute Gasteiger partial charge is 0.131 e. The lowest BCUT2D eigenvalue weighted by Gasteiger charge is -2.27. The normalized spacial score (nSPS) is 11.8. The van der Waals surface area contributed by atoms with E-state index in [2.05, 4.69) is 64.1 Å². The number of hydrogen-bond acceptors (Lipinski definition) is 2. The van der Waals surface area contributed by atoms with Gasteiger partial charge in [-0.2, -0.15) is 0 Å². The second kappa shape index (κ2) is 10.0. The van der Waals surface area contributed by atoms with Gasteiger partial charge in [-0.1, -0.05) is 42.3 Å². The van der Waals surface area contributed by atoms with E-state index in [-0.39, 0.29) is 11.7 Å². The van der Waals surface area contributed by atoms with Gasteiger partial charge in [-0.05, 0) is 79.6 Å². The van der Waals surface area contributed by atoms with Gasteiger partial charge in [-0.25, -0.2) is 4.39 Å². The van der Waals surface area contributed by atoms with Crippen LogP contribution in [0.2, 0.25) is 0 Å². The Morgan fingerprint density at radius 2 is 1.72 bits per heavy atom. The Morgan fingerprint density at radius 3 is 2.31 bits per heavy atom. The molecule has 1 atom stereocenters. The van der Waals surface area contributed by atoms with Gasteiger partial charge in [-0.3, -0.25) is 0 Å². The van der Waals surface area contributed by atoms with E-state index in [0.29, 0.717) is 12.2 Å². The van der Waals surface area contributed by atoms with Crippen LogP contribution in [0.4, 0.5) is 10.1 Å². The second-order valence-corrected chi connectivity index (χ2v) is 8.27. The number of nitrogens with one attached hydrogen (secondary N) is 1. The fraction of sp³-hybridized carbons (Fsp3) is 0.310. The maximum absolute atomic E-state index is 15.1. The molecule has 2 nitrogen and oxygen atoms in total. The number of aryl methyl sites for hydroxylation is 2. The lowest BCUT2D eigenvalue weighted by Crippen LogP contribution is -2.13. The zero-order valence-electron chi connectivity index (χ0n) is 19.9. The van der Waals surface area contributed by atoms with Crippen LogP contribution < -0.4 is 5.32 Å². The van der Waals surface area contributed by atoms with Crippen molar-refractivity contribution in [2.24, 2.45) is 0 Å². The van der Waals surface area contributed by atoms with Crippen LogP contribution in [0.3, 0.4) is 0 Å². The van der Waals surface area contributed by atoms with E-state index >= 15 is 4.39 Å². The van der Waals surface area contributed by atoms with Crippen molar-refractivity contribution in [1.29, 1.82) is 0 Å². The Bertz CT molecular complexity index is 1170. The minimum absolute atomic E-state index is 0.258. The summed E-state index contributed by atoms with van der Waals surface area (Å²) < 4.78 is 20.6. The molecule has 0 aromatic heterocycles. The van der Waals surface area contributed by atoms with Crippen LogP contribution in [-0.4, -0.2) is 20.3 Å². The number of hydrogen-bond donors (Lipinski definition) is 1. The number of benzene rings is 3. The zero-order chi connectivity index (χ0) is 23.4. The summed E-state index contributed by atoms with van der Waals surface area (Å²) in [4.78, 5) is 0. The summed E-state index contributed by atoms with van der Waals surface area (Å²) in [5.74, 6) is 2.34. The topological polar surface area (TPSA) is 21.3 Å². The van der Waals surface area contributed by atoms with E-state index in [1.165, 1.54) is 17.2 Å². The third kappa shape index (κ3) is 4.29. The Kier molecular flexibility index (Phi) is 7.38. The number of halogens is 1. The van der Waals surface area contributed by atoms with Crippen LogP contribution in [0.5, 0.6) is 0 Å². The maximum Gasteiger partial charge on any atom is 0.131 e. The number of rotatable bonds is 7. The summed E-state index contributed by atoms with van der Waals surface area (Å²) in [5.41, 5.74) is 10.1. The molecule has 166 valence electrons. The molecule has 3 rings (SSSR count).